The number of benzene rings is 2. The Balaban J connectivity index is 2.02. The quantitative estimate of drug-likeness (QED) is 0.257. The summed E-state index contributed by atoms with van der Waals surface area (Å²) in [7, 11) is 0. The first-order valence-corrected chi connectivity index (χ1v) is 13.1. The first kappa shape index (κ1) is 31.4. The summed E-state index contributed by atoms with van der Waals surface area (Å²) >= 11 is 0. The van der Waals surface area contributed by atoms with Crippen molar-refractivity contribution in [3.05, 3.63) is 59.2 Å². The van der Waals surface area contributed by atoms with Crippen molar-refractivity contribution in [3.63, 3.8) is 0 Å². The van der Waals surface area contributed by atoms with Crippen LogP contribution in [0.3, 0.4) is 0 Å². The van der Waals surface area contributed by atoms with Gasteiger partial charge >= 0.3 is 12.1 Å². The maximum atomic E-state index is 15.4. The number of aliphatic hydroxyl groups excluding tert-OH is 1. The van der Waals surface area contributed by atoms with E-state index in [9.17, 15) is 37.4 Å². The zero-order valence-corrected chi connectivity index (χ0v) is 22.1. The first-order valence-electron chi connectivity index (χ1n) is 13.1. The average Bonchev–Trinajstić information content (AvgIpc) is 2.91. The van der Waals surface area contributed by atoms with Gasteiger partial charge in [-0.2, -0.15) is 13.2 Å². The van der Waals surface area contributed by atoms with E-state index in [1.807, 2.05) is 0 Å². The number of aryl methyl sites for hydroxylation is 1. The highest BCUT2D eigenvalue weighted by Gasteiger charge is 2.44. The Labute approximate surface area is 229 Å². The summed E-state index contributed by atoms with van der Waals surface area (Å²) in [4.78, 5) is 25.5. The van der Waals surface area contributed by atoms with E-state index in [4.69, 9.17) is 5.73 Å². The number of nitrogens with one attached hydrogen (secondary N) is 1. The Kier molecular flexibility index (Phi) is 10.3. The summed E-state index contributed by atoms with van der Waals surface area (Å²) in [5.74, 6) is -4.77. The number of nitrogens with two attached hydrogens (primary N) is 1. The zero-order valence-electron chi connectivity index (χ0n) is 22.1. The van der Waals surface area contributed by atoms with Crippen molar-refractivity contribution < 1.29 is 41.8 Å². The SMILES string of the molecule is Cc1ccc(F)c(-c2c(F)cccc2[C@](O)(CCCNC(=O)C(F)(F)F)C2CCCN(C(=O)C[C@@H](O)CN)C2)c1. The minimum Gasteiger partial charge on any atom is -0.391 e. The predicted octanol–water partition coefficient (Wildman–Crippen LogP) is 3.53. The van der Waals surface area contributed by atoms with E-state index in [0.717, 1.165) is 6.07 Å². The summed E-state index contributed by atoms with van der Waals surface area (Å²) in [6.45, 7) is 1.49. The number of alkyl halides is 3. The summed E-state index contributed by atoms with van der Waals surface area (Å²) in [6.07, 6.45) is -5.87. The van der Waals surface area contributed by atoms with Gasteiger partial charge in [0.05, 0.1) is 18.1 Å². The Bertz CT molecular complexity index is 1210. The molecule has 0 aliphatic carbocycles. The summed E-state index contributed by atoms with van der Waals surface area (Å²) in [5, 5.41) is 23.9. The third-order valence-electron chi connectivity index (χ3n) is 7.28. The molecule has 0 spiro atoms. The summed E-state index contributed by atoms with van der Waals surface area (Å²) in [6, 6.07) is 8.03. The van der Waals surface area contributed by atoms with Gasteiger partial charge in [0.15, 0.2) is 0 Å². The number of hydrogen-bond donors (Lipinski definition) is 4. The van der Waals surface area contributed by atoms with Crippen molar-refractivity contribution >= 4 is 11.8 Å². The molecule has 3 atom stereocenters. The molecule has 2 aromatic carbocycles. The highest BCUT2D eigenvalue weighted by atomic mass is 19.4. The molecule has 1 unspecified atom stereocenters. The second kappa shape index (κ2) is 13.0. The van der Waals surface area contributed by atoms with E-state index in [0.29, 0.717) is 24.9 Å². The van der Waals surface area contributed by atoms with Crippen LogP contribution in [-0.4, -0.2) is 65.4 Å². The van der Waals surface area contributed by atoms with Crippen molar-refractivity contribution in [2.24, 2.45) is 11.7 Å². The largest absolute Gasteiger partial charge is 0.471 e. The lowest BCUT2D eigenvalue weighted by atomic mass is 9.72. The molecule has 12 heteroatoms. The lowest BCUT2D eigenvalue weighted by molar-refractivity contribution is -0.173. The Hall–Kier alpha value is -3.09. The lowest BCUT2D eigenvalue weighted by Gasteiger charge is -2.44. The number of hydrogen-bond acceptors (Lipinski definition) is 5. The van der Waals surface area contributed by atoms with Gasteiger partial charge in [-0.1, -0.05) is 23.8 Å². The van der Waals surface area contributed by atoms with Crippen LogP contribution in [0, 0.1) is 24.5 Å². The highest BCUT2D eigenvalue weighted by molar-refractivity contribution is 5.81. The number of carbonyl (C=O) groups excluding carboxylic acids is 2. The van der Waals surface area contributed by atoms with Crippen LogP contribution >= 0.6 is 0 Å². The molecule has 0 bridgehead atoms. The standard InChI is InChI=1S/C28H34F5N3O4/c1-17-8-9-22(29)20(13-17)25-21(6-2-7-23(25)30)27(40,10-4-11-35-26(39)28(31,32)33)18-5-3-12-36(16-18)24(38)14-19(37)15-34/h2,6-9,13,18-19,37,40H,3-5,10-12,14-16,34H2,1H3,(H,35,39)/t18?,19-,27+/m1/s1. The number of halogens is 5. The van der Waals surface area contributed by atoms with Crippen LogP contribution in [0.2, 0.25) is 0 Å². The third kappa shape index (κ3) is 7.35. The molecule has 3 rings (SSSR count). The number of piperidine rings is 1. The molecular weight excluding hydrogens is 537 g/mol. The lowest BCUT2D eigenvalue weighted by Crippen LogP contribution is -2.49. The fourth-order valence-electron chi connectivity index (χ4n) is 5.22. The van der Waals surface area contributed by atoms with E-state index < -0.39 is 53.8 Å². The molecular formula is C28H34F5N3O4. The fourth-order valence-corrected chi connectivity index (χ4v) is 5.22. The van der Waals surface area contributed by atoms with Gasteiger partial charge in [0.2, 0.25) is 5.91 Å². The molecule has 1 aliphatic rings. The molecule has 0 saturated carbocycles. The van der Waals surface area contributed by atoms with E-state index in [1.54, 1.807) is 12.2 Å². The second-order valence-corrected chi connectivity index (χ2v) is 10.2. The number of likely N-dealkylation sites (tertiary alicyclic amines) is 1. The third-order valence-corrected chi connectivity index (χ3v) is 7.28. The zero-order chi connectivity index (χ0) is 29.7. The van der Waals surface area contributed by atoms with Crippen molar-refractivity contribution in [2.45, 2.75) is 56.9 Å². The maximum Gasteiger partial charge on any atom is 0.471 e. The van der Waals surface area contributed by atoms with Crippen LogP contribution in [0.1, 0.15) is 43.2 Å². The van der Waals surface area contributed by atoms with E-state index in [1.165, 1.54) is 35.2 Å². The Morgan fingerprint density at radius 2 is 1.90 bits per heavy atom. The smallest absolute Gasteiger partial charge is 0.391 e. The van der Waals surface area contributed by atoms with Crippen molar-refractivity contribution in [1.29, 1.82) is 0 Å². The summed E-state index contributed by atoms with van der Waals surface area (Å²) in [5.41, 5.74) is 3.89. The monoisotopic (exact) mass is 571 g/mol. The maximum absolute atomic E-state index is 15.4. The predicted molar refractivity (Wildman–Crippen MR) is 138 cm³/mol. The van der Waals surface area contributed by atoms with Crippen molar-refractivity contribution in [1.82, 2.24) is 10.2 Å². The van der Waals surface area contributed by atoms with Gasteiger partial charge in [-0.05, 0) is 56.4 Å². The minimum atomic E-state index is -5.08. The molecule has 2 aromatic rings. The van der Waals surface area contributed by atoms with Gasteiger partial charge in [-0.25, -0.2) is 8.78 Å². The van der Waals surface area contributed by atoms with Crippen LogP contribution in [0.15, 0.2) is 36.4 Å². The average molecular weight is 572 g/mol. The van der Waals surface area contributed by atoms with Gasteiger partial charge in [0.1, 0.15) is 11.6 Å². The number of amides is 2. The molecule has 5 N–H and O–H groups in total. The van der Waals surface area contributed by atoms with Crippen LogP contribution in [0.5, 0.6) is 0 Å². The Morgan fingerprint density at radius 1 is 1.18 bits per heavy atom. The molecule has 0 aromatic heterocycles. The number of rotatable bonds is 10. The Morgan fingerprint density at radius 3 is 2.58 bits per heavy atom. The van der Waals surface area contributed by atoms with Gasteiger partial charge in [0, 0.05) is 43.2 Å². The molecule has 1 aliphatic heterocycles. The molecule has 220 valence electrons. The van der Waals surface area contributed by atoms with E-state index >= 15 is 4.39 Å². The van der Waals surface area contributed by atoms with E-state index in [-0.39, 0.29) is 49.0 Å². The van der Waals surface area contributed by atoms with Crippen molar-refractivity contribution in [3.8, 4) is 11.1 Å². The second-order valence-electron chi connectivity index (χ2n) is 10.2. The van der Waals surface area contributed by atoms with Crippen molar-refractivity contribution in [2.75, 3.05) is 26.2 Å². The van der Waals surface area contributed by atoms with Crippen LogP contribution < -0.4 is 11.1 Å². The normalized spacial score (nSPS) is 18.2. The van der Waals surface area contributed by atoms with Gasteiger partial charge in [-0.3, -0.25) is 9.59 Å². The first-order chi connectivity index (χ1) is 18.8. The fraction of sp³-hybridized carbons (Fsp3) is 0.500. The van der Waals surface area contributed by atoms with E-state index in [2.05, 4.69) is 0 Å². The molecule has 0 radical (unpaired) electrons. The summed E-state index contributed by atoms with van der Waals surface area (Å²) < 4.78 is 68.3. The molecule has 7 nitrogen and oxygen atoms in total. The molecule has 1 fully saturated rings. The molecule has 1 saturated heterocycles. The van der Waals surface area contributed by atoms with Gasteiger partial charge < -0.3 is 26.2 Å². The van der Waals surface area contributed by atoms with Crippen LogP contribution in [0.25, 0.3) is 11.1 Å². The van der Waals surface area contributed by atoms with Crippen LogP contribution in [0.4, 0.5) is 22.0 Å². The topological polar surface area (TPSA) is 116 Å². The molecule has 40 heavy (non-hydrogen) atoms. The number of aliphatic hydroxyl groups is 2. The van der Waals surface area contributed by atoms with Crippen LogP contribution in [-0.2, 0) is 15.2 Å². The van der Waals surface area contributed by atoms with Gasteiger partial charge in [-0.15, -0.1) is 0 Å². The molecule has 2 amide bonds. The number of carbonyl (C=O) groups is 2. The molecule has 1 heterocycles. The number of nitrogens with zero attached hydrogens (tertiary/aromatic N) is 1. The highest BCUT2D eigenvalue weighted by Crippen LogP contribution is 2.45. The van der Waals surface area contributed by atoms with Gasteiger partial charge in [0.25, 0.3) is 0 Å². The minimum absolute atomic E-state index is 0.00773.